The Hall–Kier alpha value is -2.27. The van der Waals surface area contributed by atoms with E-state index in [0.717, 1.165) is 5.56 Å². The van der Waals surface area contributed by atoms with Crippen molar-refractivity contribution in [2.45, 2.75) is 0 Å². The van der Waals surface area contributed by atoms with E-state index in [1.807, 2.05) is 0 Å². The molecule has 20 heavy (non-hydrogen) atoms. The van der Waals surface area contributed by atoms with E-state index in [1.165, 1.54) is 20.4 Å². The van der Waals surface area contributed by atoms with Gasteiger partial charge in [-0.05, 0) is 24.3 Å². The number of pyridine rings is 1. The van der Waals surface area contributed by atoms with Gasteiger partial charge in [0.05, 0.1) is 42.4 Å². The lowest BCUT2D eigenvalue weighted by molar-refractivity contribution is 0.0602. The zero-order valence-corrected chi connectivity index (χ0v) is 11.8. The molecule has 0 radical (unpaired) electrons. The van der Waals surface area contributed by atoms with Crippen LogP contribution in [0.2, 0.25) is 5.02 Å². The van der Waals surface area contributed by atoms with Crippen molar-refractivity contribution in [2.75, 3.05) is 20.0 Å². The number of nitrogen functional groups attached to an aromatic ring is 1. The summed E-state index contributed by atoms with van der Waals surface area (Å²) in [6.07, 6.45) is 1.42. The fourth-order valence-corrected chi connectivity index (χ4v) is 1.99. The van der Waals surface area contributed by atoms with Gasteiger partial charge in [0.1, 0.15) is 5.75 Å². The number of aromatic nitrogens is 1. The minimum Gasteiger partial charge on any atom is -0.495 e. The van der Waals surface area contributed by atoms with Crippen LogP contribution >= 0.6 is 11.6 Å². The summed E-state index contributed by atoms with van der Waals surface area (Å²) in [6.45, 7) is 0. The van der Waals surface area contributed by atoms with Crippen molar-refractivity contribution in [2.24, 2.45) is 0 Å². The van der Waals surface area contributed by atoms with Crippen LogP contribution in [0.3, 0.4) is 0 Å². The van der Waals surface area contributed by atoms with Gasteiger partial charge in [-0.25, -0.2) is 4.79 Å². The molecule has 0 atom stereocenters. The number of methoxy groups -OCH3 is 2. The van der Waals surface area contributed by atoms with Crippen LogP contribution in [-0.2, 0) is 4.74 Å². The molecule has 104 valence electrons. The second kappa shape index (κ2) is 5.79. The lowest BCUT2D eigenvalue weighted by Gasteiger charge is -2.08. The number of benzene rings is 1. The number of ether oxygens (including phenoxy) is 2. The number of esters is 1. The Morgan fingerprint density at radius 3 is 2.65 bits per heavy atom. The number of nitrogens with zero attached hydrogens (tertiary/aromatic N) is 1. The predicted molar refractivity (Wildman–Crippen MR) is 77.0 cm³/mol. The second-order valence-corrected chi connectivity index (χ2v) is 4.40. The SMILES string of the molecule is COC(=O)c1cc(-c2ccc(OC)c(Cl)c2)ncc1N. The monoisotopic (exact) mass is 292 g/mol. The first-order valence-electron chi connectivity index (χ1n) is 5.74. The van der Waals surface area contributed by atoms with Crippen LogP contribution in [0.25, 0.3) is 11.3 Å². The Bertz CT molecular complexity index is 659. The molecule has 2 N–H and O–H groups in total. The molecule has 0 unspecified atom stereocenters. The molecule has 6 heteroatoms. The Morgan fingerprint density at radius 1 is 1.30 bits per heavy atom. The third-order valence-corrected chi connectivity index (χ3v) is 3.08. The Balaban J connectivity index is 2.48. The summed E-state index contributed by atoms with van der Waals surface area (Å²) in [5.41, 5.74) is 7.57. The molecule has 0 fully saturated rings. The maximum absolute atomic E-state index is 11.6. The largest absolute Gasteiger partial charge is 0.495 e. The van der Waals surface area contributed by atoms with Gasteiger partial charge < -0.3 is 15.2 Å². The first kappa shape index (κ1) is 14.1. The third-order valence-electron chi connectivity index (χ3n) is 2.79. The average Bonchev–Trinajstić information content (AvgIpc) is 2.47. The van der Waals surface area contributed by atoms with Gasteiger partial charge in [0, 0.05) is 5.56 Å². The standard InChI is InChI=1S/C14H13ClN2O3/c1-19-13-4-3-8(5-10(13)15)12-6-9(14(18)20-2)11(16)7-17-12/h3-7H,16H2,1-2H3. The van der Waals surface area contributed by atoms with E-state index in [2.05, 4.69) is 9.72 Å². The first-order chi connectivity index (χ1) is 9.56. The van der Waals surface area contributed by atoms with Gasteiger partial charge in [0.2, 0.25) is 0 Å². The summed E-state index contributed by atoms with van der Waals surface area (Å²) in [5.74, 6) is 0.0600. The molecule has 5 nitrogen and oxygen atoms in total. The highest BCUT2D eigenvalue weighted by molar-refractivity contribution is 6.32. The van der Waals surface area contributed by atoms with Gasteiger partial charge in [-0.1, -0.05) is 11.6 Å². The quantitative estimate of drug-likeness (QED) is 0.881. The smallest absolute Gasteiger partial charge is 0.340 e. The number of nitrogens with two attached hydrogens (primary N) is 1. The molecule has 0 bridgehead atoms. The Kier molecular flexibility index (Phi) is 4.10. The third kappa shape index (κ3) is 2.67. The van der Waals surface area contributed by atoms with Crippen molar-refractivity contribution in [3.05, 3.63) is 41.0 Å². The molecule has 0 spiro atoms. The molecule has 0 aliphatic rings. The molecule has 1 aromatic heterocycles. The molecule has 0 amide bonds. The maximum atomic E-state index is 11.6. The van der Waals surface area contributed by atoms with E-state index in [1.54, 1.807) is 24.3 Å². The van der Waals surface area contributed by atoms with Crippen molar-refractivity contribution < 1.29 is 14.3 Å². The zero-order chi connectivity index (χ0) is 14.7. The molecule has 0 saturated carbocycles. The van der Waals surface area contributed by atoms with E-state index in [-0.39, 0.29) is 11.3 Å². The fraction of sp³-hybridized carbons (Fsp3) is 0.143. The normalized spacial score (nSPS) is 10.2. The summed E-state index contributed by atoms with van der Waals surface area (Å²) in [6, 6.07) is 6.80. The summed E-state index contributed by atoms with van der Waals surface area (Å²) < 4.78 is 9.76. The number of carbonyl (C=O) groups excluding carboxylic acids is 1. The van der Waals surface area contributed by atoms with Crippen molar-refractivity contribution in [1.29, 1.82) is 0 Å². The van der Waals surface area contributed by atoms with Gasteiger partial charge in [0.15, 0.2) is 0 Å². The number of halogens is 1. The Labute approximate surface area is 121 Å². The van der Waals surface area contributed by atoms with Crippen molar-refractivity contribution in [3.8, 4) is 17.0 Å². The molecular formula is C14H13ClN2O3. The van der Waals surface area contributed by atoms with Gasteiger partial charge >= 0.3 is 5.97 Å². The highest BCUT2D eigenvalue weighted by Gasteiger charge is 2.13. The molecule has 0 saturated heterocycles. The highest BCUT2D eigenvalue weighted by atomic mass is 35.5. The molecule has 0 aliphatic carbocycles. The minimum absolute atomic E-state index is 0.264. The summed E-state index contributed by atoms with van der Waals surface area (Å²) in [7, 11) is 2.84. The number of hydrogen-bond acceptors (Lipinski definition) is 5. The van der Waals surface area contributed by atoms with E-state index >= 15 is 0 Å². The summed E-state index contributed by atoms with van der Waals surface area (Å²) >= 11 is 6.07. The number of rotatable bonds is 3. The van der Waals surface area contributed by atoms with Crippen LogP contribution < -0.4 is 10.5 Å². The van der Waals surface area contributed by atoms with E-state index in [0.29, 0.717) is 16.5 Å². The molecule has 0 aliphatic heterocycles. The lowest BCUT2D eigenvalue weighted by Crippen LogP contribution is -2.06. The Morgan fingerprint density at radius 2 is 2.05 bits per heavy atom. The molecule has 2 rings (SSSR count). The first-order valence-corrected chi connectivity index (χ1v) is 6.12. The molecule has 1 heterocycles. The lowest BCUT2D eigenvalue weighted by atomic mass is 10.1. The number of anilines is 1. The highest BCUT2D eigenvalue weighted by Crippen LogP contribution is 2.30. The summed E-state index contributed by atoms with van der Waals surface area (Å²) in [4.78, 5) is 15.8. The van der Waals surface area contributed by atoms with E-state index < -0.39 is 5.97 Å². The van der Waals surface area contributed by atoms with Crippen LogP contribution in [0, 0.1) is 0 Å². The van der Waals surface area contributed by atoms with Crippen molar-refractivity contribution in [1.82, 2.24) is 4.98 Å². The van der Waals surface area contributed by atoms with Crippen LogP contribution in [0.4, 0.5) is 5.69 Å². The van der Waals surface area contributed by atoms with Crippen molar-refractivity contribution >= 4 is 23.3 Å². The van der Waals surface area contributed by atoms with Gasteiger partial charge in [-0.3, -0.25) is 4.98 Å². The van der Waals surface area contributed by atoms with Crippen LogP contribution in [-0.4, -0.2) is 25.2 Å². The van der Waals surface area contributed by atoms with Crippen LogP contribution in [0.15, 0.2) is 30.5 Å². The second-order valence-electron chi connectivity index (χ2n) is 4.00. The number of hydrogen-bond donors (Lipinski definition) is 1. The minimum atomic E-state index is -0.509. The van der Waals surface area contributed by atoms with Crippen molar-refractivity contribution in [3.63, 3.8) is 0 Å². The van der Waals surface area contributed by atoms with Gasteiger partial charge in [0.25, 0.3) is 0 Å². The zero-order valence-electron chi connectivity index (χ0n) is 11.0. The summed E-state index contributed by atoms with van der Waals surface area (Å²) in [5, 5.41) is 0.461. The molecule has 2 aromatic rings. The van der Waals surface area contributed by atoms with E-state index in [9.17, 15) is 4.79 Å². The molecular weight excluding hydrogens is 280 g/mol. The maximum Gasteiger partial charge on any atom is 0.340 e. The van der Waals surface area contributed by atoms with E-state index in [4.69, 9.17) is 22.1 Å². The van der Waals surface area contributed by atoms with Crippen LogP contribution in [0.1, 0.15) is 10.4 Å². The average molecular weight is 293 g/mol. The van der Waals surface area contributed by atoms with Crippen LogP contribution in [0.5, 0.6) is 5.75 Å². The van der Waals surface area contributed by atoms with Gasteiger partial charge in [-0.2, -0.15) is 0 Å². The number of carbonyl (C=O) groups is 1. The predicted octanol–water partition coefficient (Wildman–Crippen LogP) is 2.78. The van der Waals surface area contributed by atoms with Gasteiger partial charge in [-0.15, -0.1) is 0 Å². The topological polar surface area (TPSA) is 74.4 Å². The fourth-order valence-electron chi connectivity index (χ4n) is 1.74. The molecule has 1 aromatic carbocycles.